The Hall–Kier alpha value is -2.45. The van der Waals surface area contributed by atoms with Crippen LogP contribution in [0.4, 0.5) is 5.82 Å². The zero-order valence-electron chi connectivity index (χ0n) is 19.2. The molecule has 5 aliphatic rings. The lowest BCUT2D eigenvalue weighted by molar-refractivity contribution is -0.124. The molecule has 8 nitrogen and oxygen atoms in total. The maximum Gasteiger partial charge on any atom is 0.273 e. The zero-order valence-corrected chi connectivity index (χ0v) is 19.2. The second kappa shape index (κ2) is 8.09. The Balaban J connectivity index is 1.16. The van der Waals surface area contributed by atoms with Crippen molar-refractivity contribution in [2.24, 2.45) is 23.2 Å². The van der Waals surface area contributed by atoms with Gasteiger partial charge in [0.2, 0.25) is 5.91 Å². The Morgan fingerprint density at radius 2 is 1.79 bits per heavy atom. The lowest BCUT2D eigenvalue weighted by atomic mass is 9.49. The average molecular weight is 453 g/mol. The Morgan fingerprint density at radius 3 is 2.45 bits per heavy atom. The molecule has 2 aromatic heterocycles. The summed E-state index contributed by atoms with van der Waals surface area (Å²) < 4.78 is 12.7. The van der Waals surface area contributed by atoms with Crippen LogP contribution < -0.4 is 5.32 Å². The number of carbonyl (C=O) groups is 2. The molecular weight excluding hydrogens is 420 g/mol. The van der Waals surface area contributed by atoms with Crippen LogP contribution in [0.5, 0.6) is 0 Å². The van der Waals surface area contributed by atoms with Crippen LogP contribution in [0.2, 0.25) is 0 Å². The number of aromatic nitrogens is 2. The van der Waals surface area contributed by atoms with Crippen LogP contribution >= 0.6 is 0 Å². The predicted octanol–water partition coefficient (Wildman–Crippen LogP) is 3.32. The number of nitrogens with one attached hydrogen (secondary N) is 1. The highest BCUT2D eigenvalue weighted by Crippen LogP contribution is 2.61. The van der Waals surface area contributed by atoms with Gasteiger partial charge in [0.25, 0.3) is 5.91 Å². The van der Waals surface area contributed by atoms with Gasteiger partial charge in [0.05, 0.1) is 19.8 Å². The Kier molecular flexibility index (Phi) is 5.18. The van der Waals surface area contributed by atoms with E-state index in [9.17, 15) is 9.59 Å². The molecule has 2 amide bonds. The van der Waals surface area contributed by atoms with Gasteiger partial charge >= 0.3 is 0 Å². The van der Waals surface area contributed by atoms with Crippen molar-refractivity contribution in [1.82, 2.24) is 14.3 Å². The molecule has 1 N–H and O–H groups in total. The van der Waals surface area contributed by atoms with E-state index in [1.54, 1.807) is 22.5 Å². The molecule has 0 aromatic carbocycles. The fraction of sp³-hybridized carbons (Fsp3) is 0.640. The molecule has 1 saturated heterocycles. The number of fused-ring (bicyclic) bond motifs is 1. The molecule has 0 unspecified atom stereocenters. The largest absolute Gasteiger partial charge is 0.348 e. The molecule has 4 saturated carbocycles. The van der Waals surface area contributed by atoms with Crippen molar-refractivity contribution in [3.05, 3.63) is 30.1 Å². The topological polar surface area (TPSA) is 85.2 Å². The highest BCUT2D eigenvalue weighted by atomic mass is 16.7. The third-order valence-corrected chi connectivity index (χ3v) is 8.14. The van der Waals surface area contributed by atoms with Gasteiger partial charge in [-0.3, -0.25) is 14.0 Å². The minimum absolute atomic E-state index is 0.0682. The minimum Gasteiger partial charge on any atom is -0.348 e. The van der Waals surface area contributed by atoms with Crippen LogP contribution in [0.25, 0.3) is 5.65 Å². The summed E-state index contributed by atoms with van der Waals surface area (Å²) in [6.45, 7) is 1.45. The SMILES string of the molecule is CN(CC1OCCO1)C(=O)c1cn2c(NC(=O)CC34CC5CC(CC(C5)C3)C4)cccc2n1. The lowest BCUT2D eigenvalue weighted by Gasteiger charge is -2.56. The number of hydrogen-bond acceptors (Lipinski definition) is 5. The van der Waals surface area contributed by atoms with Crippen LogP contribution in [0, 0.1) is 23.2 Å². The number of ether oxygens (including phenoxy) is 2. The van der Waals surface area contributed by atoms with Crippen molar-refractivity contribution in [3.63, 3.8) is 0 Å². The smallest absolute Gasteiger partial charge is 0.273 e. The van der Waals surface area contributed by atoms with Crippen molar-refractivity contribution in [3.8, 4) is 0 Å². The summed E-state index contributed by atoms with van der Waals surface area (Å²) in [5.74, 6) is 2.99. The molecule has 1 aliphatic heterocycles. The highest BCUT2D eigenvalue weighted by Gasteiger charge is 2.51. The number of imidazole rings is 1. The Morgan fingerprint density at radius 1 is 1.12 bits per heavy atom. The molecule has 8 heteroatoms. The van der Waals surface area contributed by atoms with E-state index in [4.69, 9.17) is 9.47 Å². The van der Waals surface area contributed by atoms with Crippen LogP contribution in [0.3, 0.4) is 0 Å². The fourth-order valence-electron chi connectivity index (χ4n) is 7.26. The summed E-state index contributed by atoms with van der Waals surface area (Å²) >= 11 is 0. The summed E-state index contributed by atoms with van der Waals surface area (Å²) in [6, 6.07) is 5.57. The first-order valence-corrected chi connectivity index (χ1v) is 12.2. The van der Waals surface area contributed by atoms with E-state index in [-0.39, 0.29) is 17.2 Å². The van der Waals surface area contributed by atoms with Crippen molar-refractivity contribution in [2.45, 2.75) is 51.2 Å². The van der Waals surface area contributed by atoms with Crippen molar-refractivity contribution < 1.29 is 19.1 Å². The molecule has 0 radical (unpaired) electrons. The number of pyridine rings is 1. The van der Waals surface area contributed by atoms with Gasteiger partial charge in [-0.1, -0.05) is 6.07 Å². The number of carbonyl (C=O) groups excluding carboxylic acids is 2. The van der Waals surface area contributed by atoms with Gasteiger partial charge in [0, 0.05) is 19.7 Å². The molecule has 4 aliphatic carbocycles. The quantitative estimate of drug-likeness (QED) is 0.727. The monoisotopic (exact) mass is 452 g/mol. The minimum atomic E-state index is -0.393. The first kappa shape index (κ1) is 21.1. The zero-order chi connectivity index (χ0) is 22.6. The maximum absolute atomic E-state index is 13.1. The number of rotatable bonds is 6. The Labute approximate surface area is 193 Å². The van der Waals surface area contributed by atoms with E-state index in [1.807, 2.05) is 18.2 Å². The maximum atomic E-state index is 13.1. The van der Waals surface area contributed by atoms with Gasteiger partial charge in [-0.15, -0.1) is 0 Å². The van der Waals surface area contributed by atoms with Gasteiger partial charge in [-0.05, 0) is 73.8 Å². The standard InChI is InChI=1S/C25H32N4O4/c1-28(15-23-32-5-6-33-23)24(31)19-14-29-20(26-19)3-2-4-21(29)27-22(30)13-25-10-16-7-17(11-25)9-18(8-16)12-25/h2-4,14,16-18,23H,5-13,15H2,1H3,(H,27,30). The van der Waals surface area contributed by atoms with Crippen molar-refractivity contribution in [1.29, 1.82) is 0 Å². The van der Waals surface area contributed by atoms with E-state index in [2.05, 4.69) is 10.3 Å². The molecule has 7 rings (SSSR count). The van der Waals surface area contributed by atoms with Crippen LogP contribution in [-0.2, 0) is 14.3 Å². The summed E-state index contributed by atoms with van der Waals surface area (Å²) in [5.41, 5.74) is 1.15. The first-order chi connectivity index (χ1) is 16.0. The lowest BCUT2D eigenvalue weighted by Crippen LogP contribution is -2.47. The number of likely N-dealkylation sites (N-methyl/N-ethyl adjacent to an activating group) is 1. The van der Waals surface area contributed by atoms with Gasteiger partial charge in [0.1, 0.15) is 17.2 Å². The second-order valence-corrected chi connectivity index (χ2v) is 10.8. The van der Waals surface area contributed by atoms with Crippen LogP contribution in [0.15, 0.2) is 24.4 Å². The number of amides is 2. The number of anilines is 1. The van der Waals surface area contributed by atoms with Crippen molar-refractivity contribution >= 4 is 23.3 Å². The molecule has 0 spiro atoms. The fourth-order valence-corrected chi connectivity index (χ4v) is 7.26. The number of nitrogens with zero attached hydrogens (tertiary/aromatic N) is 3. The van der Waals surface area contributed by atoms with E-state index >= 15 is 0 Å². The average Bonchev–Trinajstić information content (AvgIpc) is 3.42. The number of hydrogen-bond donors (Lipinski definition) is 1. The normalized spacial score (nSPS) is 30.8. The summed E-state index contributed by atoms with van der Waals surface area (Å²) in [6.07, 6.45) is 9.65. The molecule has 176 valence electrons. The second-order valence-electron chi connectivity index (χ2n) is 10.8. The first-order valence-electron chi connectivity index (χ1n) is 12.2. The molecule has 5 fully saturated rings. The summed E-state index contributed by atoms with van der Waals surface area (Å²) in [4.78, 5) is 32.1. The molecule has 0 atom stereocenters. The van der Waals surface area contributed by atoms with E-state index < -0.39 is 6.29 Å². The van der Waals surface area contributed by atoms with Crippen LogP contribution in [-0.4, -0.2) is 59.2 Å². The summed E-state index contributed by atoms with van der Waals surface area (Å²) in [7, 11) is 1.71. The molecule has 2 aromatic rings. The van der Waals surface area contributed by atoms with Crippen molar-refractivity contribution in [2.75, 3.05) is 32.1 Å². The molecule has 3 heterocycles. The molecule has 33 heavy (non-hydrogen) atoms. The molecule has 4 bridgehead atoms. The third kappa shape index (κ3) is 4.04. The van der Waals surface area contributed by atoms with E-state index in [1.165, 1.54) is 38.5 Å². The summed E-state index contributed by atoms with van der Waals surface area (Å²) in [5, 5.41) is 3.12. The van der Waals surface area contributed by atoms with E-state index in [0.29, 0.717) is 43.3 Å². The van der Waals surface area contributed by atoms with Gasteiger partial charge in [-0.25, -0.2) is 4.98 Å². The Bertz CT molecular complexity index is 1040. The third-order valence-electron chi connectivity index (χ3n) is 8.14. The van der Waals surface area contributed by atoms with Gasteiger partial charge < -0.3 is 19.7 Å². The van der Waals surface area contributed by atoms with Gasteiger partial charge in [-0.2, -0.15) is 0 Å². The van der Waals surface area contributed by atoms with Crippen LogP contribution in [0.1, 0.15) is 55.4 Å². The highest BCUT2D eigenvalue weighted by molar-refractivity contribution is 5.94. The molecular formula is C25H32N4O4. The van der Waals surface area contributed by atoms with Gasteiger partial charge in [0.15, 0.2) is 6.29 Å². The predicted molar refractivity (Wildman–Crippen MR) is 122 cm³/mol. The van der Waals surface area contributed by atoms with E-state index in [0.717, 1.165) is 17.8 Å².